The van der Waals surface area contributed by atoms with Gasteiger partial charge in [-0.05, 0) is 32.4 Å². The van der Waals surface area contributed by atoms with Gasteiger partial charge in [0.25, 0.3) is 0 Å². The van der Waals surface area contributed by atoms with Crippen molar-refractivity contribution >= 4 is 16.9 Å². The Morgan fingerprint density at radius 1 is 1.30 bits per heavy atom. The quantitative estimate of drug-likeness (QED) is 0.801. The molecule has 1 saturated heterocycles. The molecule has 1 aromatic carbocycles. The van der Waals surface area contributed by atoms with Gasteiger partial charge in [-0.25, -0.2) is 0 Å². The number of ether oxygens (including phenoxy) is 1. The highest BCUT2D eigenvalue weighted by Crippen LogP contribution is 2.26. The molecule has 2 heterocycles. The second-order valence-corrected chi connectivity index (χ2v) is 5.44. The van der Waals surface area contributed by atoms with Crippen molar-refractivity contribution in [2.24, 2.45) is 0 Å². The lowest BCUT2D eigenvalue weighted by Gasteiger charge is -2.32. The van der Waals surface area contributed by atoms with E-state index in [2.05, 4.69) is 4.90 Å². The van der Waals surface area contributed by atoms with Crippen LogP contribution >= 0.6 is 0 Å². The van der Waals surface area contributed by atoms with Gasteiger partial charge >= 0.3 is 0 Å². The molecular weight excluding hydrogens is 254 g/mol. The molecule has 20 heavy (non-hydrogen) atoms. The molecule has 0 spiro atoms. The minimum Gasteiger partial charge on any atom is -0.440 e. The highest BCUT2D eigenvalue weighted by atomic mass is 16.5. The van der Waals surface area contributed by atoms with Crippen LogP contribution in [0.15, 0.2) is 27.4 Å². The van der Waals surface area contributed by atoms with Crippen LogP contribution in [0.1, 0.15) is 18.1 Å². The molecule has 1 fully saturated rings. The van der Waals surface area contributed by atoms with Crippen molar-refractivity contribution in [3.05, 3.63) is 39.5 Å². The molecule has 2 aromatic rings. The lowest BCUT2D eigenvalue weighted by Crippen LogP contribution is -2.41. The standard InChI is InChI=1S/C16H19NO3/c1-10-5-4-6-13-14(10)15(18)12(3)16(20-13)17-7-8-19-11(2)9-17/h4-6,11H,7-9H2,1-3H3/t11-/m1/s1. The van der Waals surface area contributed by atoms with Crippen molar-refractivity contribution < 1.29 is 9.15 Å². The van der Waals surface area contributed by atoms with E-state index in [0.29, 0.717) is 29.0 Å². The first-order valence-corrected chi connectivity index (χ1v) is 6.97. The van der Waals surface area contributed by atoms with E-state index in [0.717, 1.165) is 18.7 Å². The lowest BCUT2D eigenvalue weighted by atomic mass is 10.1. The van der Waals surface area contributed by atoms with E-state index < -0.39 is 0 Å². The van der Waals surface area contributed by atoms with Crippen molar-refractivity contribution in [1.82, 2.24) is 0 Å². The van der Waals surface area contributed by atoms with Crippen LogP contribution < -0.4 is 10.3 Å². The van der Waals surface area contributed by atoms with Crippen LogP contribution in [0.3, 0.4) is 0 Å². The highest BCUT2D eigenvalue weighted by Gasteiger charge is 2.22. The molecule has 106 valence electrons. The van der Waals surface area contributed by atoms with Gasteiger partial charge in [-0.3, -0.25) is 4.79 Å². The summed E-state index contributed by atoms with van der Waals surface area (Å²) in [6, 6.07) is 5.72. The normalized spacial score (nSPS) is 19.6. The van der Waals surface area contributed by atoms with Crippen LogP contribution in [-0.4, -0.2) is 25.8 Å². The third kappa shape index (κ3) is 2.10. The summed E-state index contributed by atoms with van der Waals surface area (Å²) in [4.78, 5) is 14.7. The topological polar surface area (TPSA) is 42.7 Å². The first kappa shape index (κ1) is 13.2. The van der Waals surface area contributed by atoms with Gasteiger partial charge in [-0.15, -0.1) is 0 Å². The Labute approximate surface area is 118 Å². The molecule has 0 unspecified atom stereocenters. The lowest BCUT2D eigenvalue weighted by molar-refractivity contribution is 0.0517. The molecule has 3 rings (SSSR count). The molecule has 0 N–H and O–H groups in total. The van der Waals surface area contributed by atoms with E-state index in [-0.39, 0.29) is 11.5 Å². The summed E-state index contributed by atoms with van der Waals surface area (Å²) >= 11 is 0. The summed E-state index contributed by atoms with van der Waals surface area (Å²) < 4.78 is 11.6. The number of anilines is 1. The van der Waals surface area contributed by atoms with Crippen LogP contribution in [0.5, 0.6) is 0 Å². The largest absolute Gasteiger partial charge is 0.440 e. The Bertz CT molecular complexity index is 705. The molecule has 4 heteroatoms. The molecule has 1 aliphatic heterocycles. The molecule has 0 saturated carbocycles. The Kier molecular flexibility index (Phi) is 3.26. The zero-order valence-corrected chi connectivity index (χ0v) is 12.1. The van der Waals surface area contributed by atoms with Crippen LogP contribution in [-0.2, 0) is 4.74 Å². The van der Waals surface area contributed by atoms with Crippen LogP contribution in [0, 0.1) is 13.8 Å². The Balaban J connectivity index is 2.17. The first-order valence-electron chi connectivity index (χ1n) is 6.97. The third-order valence-corrected chi connectivity index (χ3v) is 3.86. The number of rotatable bonds is 1. The van der Waals surface area contributed by atoms with E-state index in [1.807, 2.05) is 39.0 Å². The summed E-state index contributed by atoms with van der Waals surface area (Å²) in [5, 5.41) is 0.690. The molecule has 1 aliphatic rings. The van der Waals surface area contributed by atoms with Gasteiger partial charge < -0.3 is 14.1 Å². The maximum absolute atomic E-state index is 12.6. The first-order chi connectivity index (χ1) is 9.58. The fourth-order valence-electron chi connectivity index (χ4n) is 2.79. The van der Waals surface area contributed by atoms with Gasteiger partial charge in [0.05, 0.1) is 23.7 Å². The van der Waals surface area contributed by atoms with Gasteiger partial charge in [-0.1, -0.05) is 12.1 Å². The summed E-state index contributed by atoms with van der Waals surface area (Å²) in [6.07, 6.45) is 0.154. The summed E-state index contributed by atoms with van der Waals surface area (Å²) in [5.41, 5.74) is 2.37. The predicted molar refractivity (Wildman–Crippen MR) is 79.6 cm³/mol. The molecule has 1 atom stereocenters. The number of benzene rings is 1. The van der Waals surface area contributed by atoms with Crippen LogP contribution in [0.25, 0.3) is 11.0 Å². The average molecular weight is 273 g/mol. The summed E-state index contributed by atoms with van der Waals surface area (Å²) in [7, 11) is 0. The predicted octanol–water partition coefficient (Wildman–Crippen LogP) is 2.63. The van der Waals surface area contributed by atoms with Crippen molar-refractivity contribution in [3.8, 4) is 0 Å². The molecule has 0 amide bonds. The number of fused-ring (bicyclic) bond motifs is 1. The molecular formula is C16H19NO3. The van der Waals surface area contributed by atoms with Crippen molar-refractivity contribution in [2.75, 3.05) is 24.6 Å². The van der Waals surface area contributed by atoms with E-state index >= 15 is 0 Å². The van der Waals surface area contributed by atoms with E-state index in [4.69, 9.17) is 9.15 Å². The zero-order chi connectivity index (χ0) is 14.3. The summed E-state index contributed by atoms with van der Waals surface area (Å²) in [6.45, 7) is 7.98. The van der Waals surface area contributed by atoms with Gasteiger partial charge in [0.2, 0.25) is 5.88 Å². The van der Waals surface area contributed by atoms with Crippen LogP contribution in [0.4, 0.5) is 5.88 Å². The number of hydrogen-bond acceptors (Lipinski definition) is 4. The van der Waals surface area contributed by atoms with Crippen molar-refractivity contribution in [3.63, 3.8) is 0 Å². The smallest absolute Gasteiger partial charge is 0.203 e. The number of morpholine rings is 1. The second kappa shape index (κ2) is 4.94. The minimum atomic E-state index is 0.0681. The molecule has 1 aromatic heterocycles. The van der Waals surface area contributed by atoms with E-state index in [1.165, 1.54) is 0 Å². The fraction of sp³-hybridized carbons (Fsp3) is 0.438. The Morgan fingerprint density at radius 3 is 2.85 bits per heavy atom. The minimum absolute atomic E-state index is 0.0681. The van der Waals surface area contributed by atoms with E-state index in [9.17, 15) is 4.79 Å². The molecule has 4 nitrogen and oxygen atoms in total. The van der Waals surface area contributed by atoms with Gasteiger partial charge in [-0.2, -0.15) is 0 Å². The maximum atomic E-state index is 12.6. The summed E-state index contributed by atoms with van der Waals surface area (Å²) in [5.74, 6) is 0.684. The molecule has 0 bridgehead atoms. The SMILES string of the molecule is Cc1c(N2CCO[C@H](C)C2)oc2cccc(C)c2c1=O. The monoisotopic (exact) mass is 273 g/mol. The Hall–Kier alpha value is -1.81. The zero-order valence-electron chi connectivity index (χ0n) is 12.1. The average Bonchev–Trinajstić information content (AvgIpc) is 2.42. The van der Waals surface area contributed by atoms with Gasteiger partial charge in [0, 0.05) is 13.1 Å². The number of hydrogen-bond donors (Lipinski definition) is 0. The van der Waals surface area contributed by atoms with Crippen molar-refractivity contribution in [2.45, 2.75) is 26.9 Å². The van der Waals surface area contributed by atoms with Crippen molar-refractivity contribution in [1.29, 1.82) is 0 Å². The second-order valence-electron chi connectivity index (χ2n) is 5.44. The highest BCUT2D eigenvalue weighted by molar-refractivity contribution is 5.82. The van der Waals surface area contributed by atoms with E-state index in [1.54, 1.807) is 0 Å². The maximum Gasteiger partial charge on any atom is 0.203 e. The molecule has 0 aliphatic carbocycles. The van der Waals surface area contributed by atoms with Gasteiger partial charge in [0.15, 0.2) is 5.43 Å². The Morgan fingerprint density at radius 2 is 2.10 bits per heavy atom. The molecule has 0 radical (unpaired) electrons. The number of aryl methyl sites for hydroxylation is 1. The van der Waals surface area contributed by atoms with Crippen LogP contribution in [0.2, 0.25) is 0 Å². The fourth-order valence-corrected chi connectivity index (χ4v) is 2.79. The van der Waals surface area contributed by atoms with Gasteiger partial charge in [0.1, 0.15) is 5.58 Å². The number of nitrogens with zero attached hydrogens (tertiary/aromatic N) is 1. The third-order valence-electron chi connectivity index (χ3n) is 3.86.